The third-order valence-electron chi connectivity index (χ3n) is 2.56. The van der Waals surface area contributed by atoms with Crippen LogP contribution in [0.5, 0.6) is 5.75 Å². The topological polar surface area (TPSA) is 74.7 Å². The molecule has 6 heteroatoms. The molecular formula is C14H19NO5. The standard InChI is InChI=1S/C14H19NO5/c1-5-19-13(16)11(14(17)20-6-2)12-10(18-4)8-7-9(3)15-12/h7-8,11H,5-6H2,1-4H3. The number of hydrogen-bond donors (Lipinski definition) is 0. The minimum Gasteiger partial charge on any atom is -0.495 e. The molecule has 0 amide bonds. The number of aromatic nitrogens is 1. The Balaban J connectivity index is 3.25. The molecule has 0 saturated carbocycles. The van der Waals surface area contributed by atoms with Crippen LogP contribution < -0.4 is 4.74 Å². The van der Waals surface area contributed by atoms with E-state index in [0.717, 1.165) is 0 Å². The van der Waals surface area contributed by atoms with Crippen LogP contribution in [-0.2, 0) is 19.1 Å². The number of ether oxygens (including phenoxy) is 3. The fourth-order valence-corrected chi connectivity index (χ4v) is 1.71. The highest BCUT2D eigenvalue weighted by molar-refractivity contribution is 6.01. The lowest BCUT2D eigenvalue weighted by Crippen LogP contribution is -2.27. The van der Waals surface area contributed by atoms with Crippen molar-refractivity contribution in [1.82, 2.24) is 4.98 Å². The molecule has 1 heterocycles. The van der Waals surface area contributed by atoms with Crippen molar-refractivity contribution in [2.24, 2.45) is 0 Å². The van der Waals surface area contributed by atoms with Crippen molar-refractivity contribution in [2.45, 2.75) is 26.7 Å². The maximum absolute atomic E-state index is 12.0. The molecule has 0 atom stereocenters. The van der Waals surface area contributed by atoms with Gasteiger partial charge in [0.2, 0.25) is 0 Å². The summed E-state index contributed by atoms with van der Waals surface area (Å²) in [7, 11) is 1.45. The van der Waals surface area contributed by atoms with Crippen LogP contribution in [0.2, 0.25) is 0 Å². The second-order valence-electron chi connectivity index (χ2n) is 3.98. The van der Waals surface area contributed by atoms with E-state index in [2.05, 4.69) is 4.98 Å². The molecule has 6 nitrogen and oxygen atoms in total. The number of methoxy groups -OCH3 is 1. The van der Waals surface area contributed by atoms with Gasteiger partial charge in [-0.1, -0.05) is 0 Å². The van der Waals surface area contributed by atoms with Gasteiger partial charge in [0.1, 0.15) is 11.4 Å². The molecule has 1 aromatic heterocycles. The van der Waals surface area contributed by atoms with Gasteiger partial charge >= 0.3 is 11.9 Å². The predicted molar refractivity (Wildman–Crippen MR) is 71.5 cm³/mol. The van der Waals surface area contributed by atoms with Gasteiger partial charge in [-0.3, -0.25) is 14.6 Å². The zero-order valence-electron chi connectivity index (χ0n) is 12.1. The molecule has 0 aliphatic carbocycles. The van der Waals surface area contributed by atoms with E-state index in [1.165, 1.54) is 7.11 Å². The van der Waals surface area contributed by atoms with Gasteiger partial charge in [-0.2, -0.15) is 0 Å². The van der Waals surface area contributed by atoms with Crippen LogP contribution in [-0.4, -0.2) is 37.2 Å². The zero-order chi connectivity index (χ0) is 15.1. The Morgan fingerprint density at radius 1 is 1.15 bits per heavy atom. The van der Waals surface area contributed by atoms with Gasteiger partial charge in [-0.05, 0) is 32.9 Å². The van der Waals surface area contributed by atoms with Crippen molar-refractivity contribution < 1.29 is 23.8 Å². The molecular weight excluding hydrogens is 262 g/mol. The van der Waals surface area contributed by atoms with E-state index in [0.29, 0.717) is 11.4 Å². The third-order valence-corrected chi connectivity index (χ3v) is 2.56. The van der Waals surface area contributed by atoms with Crippen molar-refractivity contribution in [2.75, 3.05) is 20.3 Å². The summed E-state index contributed by atoms with van der Waals surface area (Å²) in [5, 5.41) is 0. The lowest BCUT2D eigenvalue weighted by atomic mass is 10.0. The second kappa shape index (κ2) is 7.47. The summed E-state index contributed by atoms with van der Waals surface area (Å²) >= 11 is 0. The third kappa shape index (κ3) is 3.69. The molecule has 1 aromatic rings. The second-order valence-corrected chi connectivity index (χ2v) is 3.98. The van der Waals surface area contributed by atoms with Crippen LogP contribution in [0.15, 0.2) is 12.1 Å². The molecule has 20 heavy (non-hydrogen) atoms. The number of carbonyl (C=O) groups is 2. The van der Waals surface area contributed by atoms with Crippen LogP contribution in [0, 0.1) is 6.92 Å². The molecule has 0 fully saturated rings. The normalized spacial score (nSPS) is 10.2. The van der Waals surface area contributed by atoms with Gasteiger partial charge in [0.25, 0.3) is 0 Å². The van der Waals surface area contributed by atoms with Crippen LogP contribution >= 0.6 is 0 Å². The summed E-state index contributed by atoms with van der Waals surface area (Å²) < 4.78 is 15.0. The van der Waals surface area contributed by atoms with Gasteiger partial charge in [-0.15, -0.1) is 0 Å². The van der Waals surface area contributed by atoms with Gasteiger partial charge in [-0.25, -0.2) is 0 Å². The first-order valence-electron chi connectivity index (χ1n) is 6.39. The Morgan fingerprint density at radius 2 is 1.70 bits per heavy atom. The molecule has 0 bridgehead atoms. The van der Waals surface area contributed by atoms with Crippen LogP contribution in [0.4, 0.5) is 0 Å². The molecule has 0 aliphatic heterocycles. The number of aryl methyl sites for hydroxylation is 1. The lowest BCUT2D eigenvalue weighted by molar-refractivity contribution is -0.157. The van der Waals surface area contributed by atoms with Gasteiger partial charge < -0.3 is 14.2 Å². The highest BCUT2D eigenvalue weighted by Gasteiger charge is 2.35. The largest absolute Gasteiger partial charge is 0.495 e. The van der Waals surface area contributed by atoms with Crippen molar-refractivity contribution in [3.63, 3.8) is 0 Å². The number of nitrogens with zero attached hydrogens (tertiary/aromatic N) is 1. The van der Waals surface area contributed by atoms with Crippen molar-refractivity contribution in [3.8, 4) is 5.75 Å². The van der Waals surface area contributed by atoms with Crippen molar-refractivity contribution >= 4 is 11.9 Å². The summed E-state index contributed by atoms with van der Waals surface area (Å²) in [6.45, 7) is 5.43. The van der Waals surface area contributed by atoms with Crippen LogP contribution in [0.3, 0.4) is 0 Å². The van der Waals surface area contributed by atoms with E-state index in [-0.39, 0.29) is 18.9 Å². The number of carbonyl (C=O) groups excluding carboxylic acids is 2. The number of rotatable bonds is 6. The van der Waals surface area contributed by atoms with E-state index < -0.39 is 17.9 Å². The fourth-order valence-electron chi connectivity index (χ4n) is 1.71. The maximum atomic E-state index is 12.0. The molecule has 0 aromatic carbocycles. The summed E-state index contributed by atoms with van der Waals surface area (Å²) in [5.74, 6) is -2.27. The van der Waals surface area contributed by atoms with E-state index in [1.807, 2.05) is 0 Å². The molecule has 0 spiro atoms. The monoisotopic (exact) mass is 281 g/mol. The average Bonchev–Trinajstić information content (AvgIpc) is 2.40. The molecule has 0 aliphatic rings. The predicted octanol–water partition coefficient (Wildman–Crippen LogP) is 1.61. The summed E-state index contributed by atoms with van der Waals surface area (Å²) in [6, 6.07) is 3.39. The molecule has 1 rings (SSSR count). The molecule has 0 radical (unpaired) electrons. The maximum Gasteiger partial charge on any atom is 0.326 e. The Bertz CT molecular complexity index is 468. The minimum absolute atomic E-state index is 0.170. The average molecular weight is 281 g/mol. The molecule has 110 valence electrons. The SMILES string of the molecule is CCOC(=O)C(C(=O)OCC)c1nc(C)ccc1OC. The number of hydrogen-bond acceptors (Lipinski definition) is 6. The first-order valence-corrected chi connectivity index (χ1v) is 6.39. The molecule has 0 saturated heterocycles. The first-order chi connectivity index (χ1) is 9.54. The summed E-state index contributed by atoms with van der Waals surface area (Å²) in [4.78, 5) is 28.3. The van der Waals surface area contributed by atoms with Gasteiger partial charge in [0.15, 0.2) is 5.92 Å². The van der Waals surface area contributed by atoms with Crippen LogP contribution in [0.1, 0.15) is 31.2 Å². The van der Waals surface area contributed by atoms with E-state index in [9.17, 15) is 9.59 Å². The smallest absolute Gasteiger partial charge is 0.326 e. The van der Waals surface area contributed by atoms with Crippen molar-refractivity contribution in [3.05, 3.63) is 23.5 Å². The zero-order valence-corrected chi connectivity index (χ0v) is 12.1. The Kier molecular flexibility index (Phi) is 5.96. The van der Waals surface area contributed by atoms with E-state index in [4.69, 9.17) is 14.2 Å². The fraction of sp³-hybridized carbons (Fsp3) is 0.500. The minimum atomic E-state index is -1.23. The Labute approximate surface area is 118 Å². The number of pyridine rings is 1. The van der Waals surface area contributed by atoms with Gasteiger partial charge in [0.05, 0.1) is 20.3 Å². The highest BCUT2D eigenvalue weighted by Crippen LogP contribution is 2.27. The van der Waals surface area contributed by atoms with Gasteiger partial charge in [0, 0.05) is 5.69 Å². The van der Waals surface area contributed by atoms with E-state index >= 15 is 0 Å². The first kappa shape index (κ1) is 15.9. The lowest BCUT2D eigenvalue weighted by Gasteiger charge is -2.16. The van der Waals surface area contributed by atoms with Crippen LogP contribution in [0.25, 0.3) is 0 Å². The molecule has 0 unspecified atom stereocenters. The quantitative estimate of drug-likeness (QED) is 0.582. The summed E-state index contributed by atoms with van der Waals surface area (Å²) in [5.41, 5.74) is 0.879. The Hall–Kier alpha value is -2.11. The highest BCUT2D eigenvalue weighted by atomic mass is 16.6. The molecule has 0 N–H and O–H groups in total. The van der Waals surface area contributed by atoms with Crippen molar-refractivity contribution in [1.29, 1.82) is 0 Å². The van der Waals surface area contributed by atoms with E-state index in [1.54, 1.807) is 32.9 Å². The number of esters is 2. The summed E-state index contributed by atoms with van der Waals surface area (Å²) in [6.07, 6.45) is 0. The Morgan fingerprint density at radius 3 is 2.15 bits per heavy atom.